The van der Waals surface area contributed by atoms with Gasteiger partial charge in [-0.2, -0.15) is 0 Å². The lowest BCUT2D eigenvalue weighted by molar-refractivity contribution is -0.703. The molecule has 2 heteroatoms. The SMILES string of the molecule is CCCCCCCCCCCC[n+]1ccn(CCCC)c1Cc1ccccc1. The summed E-state index contributed by atoms with van der Waals surface area (Å²) < 4.78 is 4.99. The van der Waals surface area contributed by atoms with Crippen molar-refractivity contribution < 1.29 is 4.57 Å². The first-order valence-electron chi connectivity index (χ1n) is 12.0. The van der Waals surface area contributed by atoms with E-state index in [0.717, 1.165) is 19.5 Å². The second kappa shape index (κ2) is 14.4. The topological polar surface area (TPSA) is 8.81 Å². The zero-order valence-electron chi connectivity index (χ0n) is 18.5. The van der Waals surface area contributed by atoms with Crippen molar-refractivity contribution in [2.75, 3.05) is 0 Å². The van der Waals surface area contributed by atoms with Crippen LogP contribution in [-0.4, -0.2) is 4.57 Å². The summed E-state index contributed by atoms with van der Waals surface area (Å²) in [4.78, 5) is 0. The zero-order valence-corrected chi connectivity index (χ0v) is 18.5. The van der Waals surface area contributed by atoms with Crippen molar-refractivity contribution in [2.24, 2.45) is 0 Å². The Bertz CT molecular complexity index is 615. The maximum absolute atomic E-state index is 2.51. The second-order valence-corrected chi connectivity index (χ2v) is 8.30. The normalized spacial score (nSPS) is 11.2. The average molecular weight is 384 g/mol. The van der Waals surface area contributed by atoms with Gasteiger partial charge in [-0.3, -0.25) is 0 Å². The van der Waals surface area contributed by atoms with E-state index >= 15 is 0 Å². The van der Waals surface area contributed by atoms with Gasteiger partial charge in [0, 0.05) is 0 Å². The smallest absolute Gasteiger partial charge is 0.234 e. The van der Waals surface area contributed by atoms with Gasteiger partial charge in [-0.1, -0.05) is 102 Å². The van der Waals surface area contributed by atoms with E-state index in [4.69, 9.17) is 0 Å². The van der Waals surface area contributed by atoms with Crippen LogP contribution in [0, 0.1) is 0 Å². The summed E-state index contributed by atoms with van der Waals surface area (Å²) in [6.45, 7) is 6.88. The van der Waals surface area contributed by atoms with E-state index in [9.17, 15) is 0 Å². The summed E-state index contributed by atoms with van der Waals surface area (Å²) in [7, 11) is 0. The summed E-state index contributed by atoms with van der Waals surface area (Å²) in [5.41, 5.74) is 1.41. The summed E-state index contributed by atoms with van der Waals surface area (Å²) in [5.74, 6) is 1.47. The fraction of sp³-hybridized carbons (Fsp3) is 0.654. The quantitative estimate of drug-likeness (QED) is 0.216. The minimum Gasteiger partial charge on any atom is -0.234 e. The van der Waals surface area contributed by atoms with E-state index in [2.05, 4.69) is 65.7 Å². The third-order valence-electron chi connectivity index (χ3n) is 5.80. The Morgan fingerprint density at radius 3 is 1.96 bits per heavy atom. The van der Waals surface area contributed by atoms with Crippen molar-refractivity contribution in [3.8, 4) is 0 Å². The maximum Gasteiger partial charge on any atom is 0.260 e. The molecule has 0 aliphatic carbocycles. The molecule has 1 aromatic heterocycles. The standard InChI is InChI=1S/C26H43N2/c1-3-5-7-8-9-10-11-12-13-17-21-28-23-22-27(20-6-4-2)26(28)24-25-18-15-14-16-19-25/h14-16,18-19,22-23H,3-13,17,20-21,24H2,1-2H3/q+1. The lowest BCUT2D eigenvalue weighted by Crippen LogP contribution is -2.37. The molecular formula is C26H43N2+. The minimum absolute atomic E-state index is 1.04. The van der Waals surface area contributed by atoms with Crippen molar-refractivity contribution in [1.82, 2.24) is 4.57 Å². The summed E-state index contributed by atoms with van der Waals surface area (Å²) in [5, 5.41) is 0. The highest BCUT2D eigenvalue weighted by Gasteiger charge is 2.17. The molecule has 1 heterocycles. The summed E-state index contributed by atoms with van der Waals surface area (Å²) in [6, 6.07) is 10.9. The van der Waals surface area contributed by atoms with Crippen molar-refractivity contribution in [3.05, 3.63) is 54.1 Å². The Morgan fingerprint density at radius 1 is 0.714 bits per heavy atom. The van der Waals surface area contributed by atoms with E-state index in [-0.39, 0.29) is 0 Å². The van der Waals surface area contributed by atoms with Gasteiger partial charge in [-0.25, -0.2) is 9.13 Å². The summed E-state index contributed by atoms with van der Waals surface area (Å²) >= 11 is 0. The fourth-order valence-electron chi connectivity index (χ4n) is 3.98. The number of rotatable bonds is 16. The first kappa shape index (κ1) is 22.7. The highest BCUT2D eigenvalue weighted by atomic mass is 15.1. The predicted molar refractivity (Wildman–Crippen MR) is 121 cm³/mol. The van der Waals surface area contributed by atoms with Crippen LogP contribution < -0.4 is 4.57 Å². The Balaban J connectivity index is 1.75. The lowest BCUT2D eigenvalue weighted by atomic mass is 10.1. The van der Waals surface area contributed by atoms with E-state index < -0.39 is 0 Å². The molecule has 2 rings (SSSR count). The number of imidazole rings is 1. The van der Waals surface area contributed by atoms with Crippen molar-refractivity contribution in [2.45, 2.75) is 110 Å². The lowest BCUT2D eigenvalue weighted by Gasteiger charge is -2.06. The molecule has 0 N–H and O–H groups in total. The van der Waals surface area contributed by atoms with Crippen LogP contribution in [0.25, 0.3) is 0 Å². The summed E-state index contributed by atoms with van der Waals surface area (Å²) in [6.07, 6.45) is 22.2. The van der Waals surface area contributed by atoms with Gasteiger partial charge in [0.15, 0.2) is 0 Å². The Kier molecular flexibility index (Phi) is 11.7. The molecule has 0 saturated heterocycles. The molecule has 0 spiro atoms. The number of unbranched alkanes of at least 4 members (excludes halogenated alkanes) is 10. The maximum atomic E-state index is 2.51. The van der Waals surface area contributed by atoms with Gasteiger partial charge < -0.3 is 0 Å². The second-order valence-electron chi connectivity index (χ2n) is 8.30. The minimum atomic E-state index is 1.04. The molecule has 0 amide bonds. The van der Waals surface area contributed by atoms with Gasteiger partial charge in [0.25, 0.3) is 5.82 Å². The Hall–Kier alpha value is -1.57. The molecule has 0 atom stereocenters. The average Bonchev–Trinajstić information content (AvgIpc) is 3.10. The van der Waals surface area contributed by atoms with Crippen LogP contribution in [0.1, 0.15) is 102 Å². The fourth-order valence-corrected chi connectivity index (χ4v) is 3.98. The third kappa shape index (κ3) is 8.63. The highest BCUT2D eigenvalue weighted by Crippen LogP contribution is 2.12. The molecule has 0 bridgehead atoms. The monoisotopic (exact) mass is 383 g/mol. The van der Waals surface area contributed by atoms with Crippen LogP contribution in [0.4, 0.5) is 0 Å². The molecule has 0 saturated carbocycles. The van der Waals surface area contributed by atoms with Crippen LogP contribution >= 0.6 is 0 Å². The molecular weight excluding hydrogens is 340 g/mol. The van der Waals surface area contributed by atoms with Gasteiger partial charge in [0.05, 0.1) is 19.5 Å². The molecule has 0 aliphatic heterocycles. The molecule has 2 nitrogen and oxygen atoms in total. The molecule has 0 fully saturated rings. The molecule has 0 radical (unpaired) electrons. The molecule has 0 unspecified atom stereocenters. The Labute approximate surface area is 174 Å². The van der Waals surface area contributed by atoms with Gasteiger partial charge >= 0.3 is 0 Å². The van der Waals surface area contributed by atoms with E-state index in [1.807, 2.05) is 0 Å². The number of benzene rings is 1. The molecule has 2 aromatic rings. The Morgan fingerprint density at radius 2 is 1.32 bits per heavy atom. The van der Waals surface area contributed by atoms with Crippen LogP contribution in [0.3, 0.4) is 0 Å². The van der Waals surface area contributed by atoms with Crippen LogP contribution in [0.2, 0.25) is 0 Å². The first-order valence-corrected chi connectivity index (χ1v) is 12.0. The van der Waals surface area contributed by atoms with Gasteiger partial charge in [0.1, 0.15) is 12.4 Å². The number of aryl methyl sites for hydroxylation is 2. The molecule has 28 heavy (non-hydrogen) atoms. The molecule has 156 valence electrons. The van der Waals surface area contributed by atoms with Crippen LogP contribution in [-0.2, 0) is 19.5 Å². The molecule has 1 aromatic carbocycles. The van der Waals surface area contributed by atoms with Crippen LogP contribution in [0.15, 0.2) is 42.7 Å². The third-order valence-corrected chi connectivity index (χ3v) is 5.80. The van der Waals surface area contributed by atoms with Crippen molar-refractivity contribution in [1.29, 1.82) is 0 Å². The largest absolute Gasteiger partial charge is 0.260 e. The zero-order chi connectivity index (χ0) is 19.9. The van der Waals surface area contributed by atoms with Crippen molar-refractivity contribution >= 4 is 0 Å². The van der Waals surface area contributed by atoms with Crippen LogP contribution in [0.5, 0.6) is 0 Å². The van der Waals surface area contributed by atoms with E-state index in [0.29, 0.717) is 0 Å². The number of nitrogens with zero attached hydrogens (tertiary/aromatic N) is 2. The van der Waals surface area contributed by atoms with Crippen molar-refractivity contribution in [3.63, 3.8) is 0 Å². The number of hydrogen-bond donors (Lipinski definition) is 0. The highest BCUT2D eigenvalue weighted by molar-refractivity contribution is 5.18. The molecule has 0 aliphatic rings. The number of aromatic nitrogens is 2. The van der Waals surface area contributed by atoms with Gasteiger partial charge in [-0.05, 0) is 24.8 Å². The van der Waals surface area contributed by atoms with E-state index in [1.165, 1.54) is 88.4 Å². The van der Waals surface area contributed by atoms with Gasteiger partial charge in [-0.15, -0.1) is 0 Å². The number of hydrogen-bond acceptors (Lipinski definition) is 0. The van der Waals surface area contributed by atoms with E-state index in [1.54, 1.807) is 0 Å². The first-order chi connectivity index (χ1) is 13.8. The predicted octanol–water partition coefficient (Wildman–Crippen LogP) is 7.09. The van der Waals surface area contributed by atoms with Gasteiger partial charge in [0.2, 0.25) is 0 Å².